The van der Waals surface area contributed by atoms with Crippen molar-refractivity contribution in [3.05, 3.63) is 41.6 Å². The number of nitrogens with one attached hydrogen (secondary N) is 1. The number of aromatic nitrogens is 2. The number of benzene rings is 1. The molecule has 1 fully saturated rings. The summed E-state index contributed by atoms with van der Waals surface area (Å²) in [6.07, 6.45) is 0.897. The number of anilines is 3. The third kappa shape index (κ3) is 3.87. The second-order valence-corrected chi connectivity index (χ2v) is 7.41. The van der Waals surface area contributed by atoms with E-state index in [9.17, 15) is 9.59 Å². The van der Waals surface area contributed by atoms with Gasteiger partial charge in [0.25, 0.3) is 5.91 Å². The van der Waals surface area contributed by atoms with Crippen LogP contribution in [0.5, 0.6) is 0 Å². The fraction of sp³-hybridized carbons (Fsp3) is 0.429. The van der Waals surface area contributed by atoms with Gasteiger partial charge >= 0.3 is 0 Å². The zero-order chi connectivity index (χ0) is 20.4. The van der Waals surface area contributed by atoms with Crippen LogP contribution in [0.3, 0.4) is 0 Å². The second kappa shape index (κ2) is 8.06. The van der Waals surface area contributed by atoms with Crippen molar-refractivity contribution in [2.45, 2.75) is 26.8 Å². The molecule has 1 aromatic carbocycles. The number of carbonyl (C=O) groups is 2. The molecule has 2 amide bonds. The Morgan fingerprint density at radius 1 is 1.10 bits per heavy atom. The molecule has 1 aromatic heterocycles. The Balaban J connectivity index is 1.66. The van der Waals surface area contributed by atoms with Crippen molar-refractivity contribution < 1.29 is 9.59 Å². The van der Waals surface area contributed by atoms with E-state index in [0.717, 1.165) is 17.7 Å². The van der Waals surface area contributed by atoms with Gasteiger partial charge in [-0.15, -0.1) is 0 Å². The molecule has 8 heteroatoms. The minimum absolute atomic E-state index is 0.0380. The maximum Gasteiger partial charge on any atom is 0.273 e. The van der Waals surface area contributed by atoms with Crippen molar-refractivity contribution in [3.8, 4) is 0 Å². The lowest BCUT2D eigenvalue weighted by molar-refractivity contribution is -0.129. The minimum atomic E-state index is -0.0380. The summed E-state index contributed by atoms with van der Waals surface area (Å²) in [5.74, 6) is 1.26. The summed E-state index contributed by atoms with van der Waals surface area (Å²) >= 11 is 0. The van der Waals surface area contributed by atoms with E-state index in [4.69, 9.17) is 4.98 Å². The Bertz CT molecular complexity index is 909. The molecule has 0 radical (unpaired) electrons. The van der Waals surface area contributed by atoms with E-state index < -0.39 is 0 Å². The Morgan fingerprint density at radius 3 is 2.48 bits per heavy atom. The van der Waals surface area contributed by atoms with Gasteiger partial charge in [-0.3, -0.25) is 9.59 Å². The van der Waals surface area contributed by atoms with Crippen LogP contribution in [-0.4, -0.2) is 64.3 Å². The van der Waals surface area contributed by atoms with E-state index in [2.05, 4.69) is 17.2 Å². The first-order valence-corrected chi connectivity index (χ1v) is 10.1. The molecule has 0 spiro atoms. The monoisotopic (exact) mass is 394 g/mol. The summed E-state index contributed by atoms with van der Waals surface area (Å²) in [7, 11) is 0. The SMILES string of the molecule is CCCN1Cc2c(Nc3ccccc3)nc(N3CCN(C(C)=O)CC3)nc2C1=O. The van der Waals surface area contributed by atoms with Gasteiger partial charge in [-0.2, -0.15) is 4.98 Å². The Labute approximate surface area is 170 Å². The third-order valence-electron chi connectivity index (χ3n) is 5.37. The van der Waals surface area contributed by atoms with Gasteiger partial charge in [-0.25, -0.2) is 4.98 Å². The summed E-state index contributed by atoms with van der Waals surface area (Å²) < 4.78 is 0. The average Bonchev–Trinajstić information content (AvgIpc) is 3.05. The molecular formula is C21H26N6O2. The lowest BCUT2D eigenvalue weighted by Crippen LogP contribution is -2.48. The first kappa shape index (κ1) is 19.2. The fourth-order valence-corrected chi connectivity index (χ4v) is 3.79. The number of amides is 2. The van der Waals surface area contributed by atoms with Crippen molar-refractivity contribution in [1.29, 1.82) is 0 Å². The van der Waals surface area contributed by atoms with Gasteiger partial charge in [0.05, 0.1) is 6.54 Å². The van der Waals surface area contributed by atoms with Crippen LogP contribution < -0.4 is 10.2 Å². The van der Waals surface area contributed by atoms with Gasteiger partial charge in [0.1, 0.15) is 11.5 Å². The average molecular weight is 394 g/mol. The van der Waals surface area contributed by atoms with Crippen LogP contribution in [0, 0.1) is 0 Å². The van der Waals surface area contributed by atoms with Crippen molar-refractivity contribution in [1.82, 2.24) is 19.8 Å². The van der Waals surface area contributed by atoms with Crippen LogP contribution in [0.25, 0.3) is 0 Å². The van der Waals surface area contributed by atoms with Crippen molar-refractivity contribution in [2.75, 3.05) is 42.9 Å². The quantitative estimate of drug-likeness (QED) is 0.838. The first-order valence-electron chi connectivity index (χ1n) is 10.1. The number of fused-ring (bicyclic) bond motifs is 1. The van der Waals surface area contributed by atoms with Crippen LogP contribution in [0.4, 0.5) is 17.5 Å². The van der Waals surface area contributed by atoms with E-state index in [1.54, 1.807) is 6.92 Å². The van der Waals surface area contributed by atoms with Crippen molar-refractivity contribution >= 4 is 29.3 Å². The fourth-order valence-electron chi connectivity index (χ4n) is 3.79. The molecular weight excluding hydrogens is 368 g/mol. The highest BCUT2D eigenvalue weighted by Gasteiger charge is 2.33. The first-order chi connectivity index (χ1) is 14.1. The summed E-state index contributed by atoms with van der Waals surface area (Å²) in [6.45, 7) is 7.43. The smallest absolute Gasteiger partial charge is 0.273 e. The molecule has 152 valence electrons. The molecule has 0 aliphatic carbocycles. The normalized spacial score (nSPS) is 16.2. The van der Waals surface area contributed by atoms with E-state index in [1.165, 1.54) is 0 Å². The second-order valence-electron chi connectivity index (χ2n) is 7.41. The largest absolute Gasteiger partial charge is 0.340 e. The number of rotatable bonds is 5. The predicted octanol–water partition coefficient (Wildman–Crippen LogP) is 2.25. The molecule has 0 unspecified atom stereocenters. The molecule has 1 saturated heterocycles. The van der Waals surface area contributed by atoms with E-state index in [1.807, 2.05) is 45.0 Å². The molecule has 0 bridgehead atoms. The molecule has 2 aliphatic rings. The van der Waals surface area contributed by atoms with E-state index in [0.29, 0.717) is 56.7 Å². The molecule has 0 atom stereocenters. The predicted molar refractivity (Wildman–Crippen MR) is 111 cm³/mol. The number of piperazine rings is 1. The van der Waals surface area contributed by atoms with Gasteiger partial charge in [-0.1, -0.05) is 25.1 Å². The Kier molecular flexibility index (Phi) is 5.33. The minimum Gasteiger partial charge on any atom is -0.340 e. The van der Waals surface area contributed by atoms with Crippen LogP contribution in [0.15, 0.2) is 30.3 Å². The van der Waals surface area contributed by atoms with E-state index >= 15 is 0 Å². The third-order valence-corrected chi connectivity index (χ3v) is 5.37. The summed E-state index contributed by atoms with van der Waals surface area (Å²) in [4.78, 5) is 39.6. The maximum absolute atomic E-state index is 12.9. The lowest BCUT2D eigenvalue weighted by atomic mass is 10.2. The van der Waals surface area contributed by atoms with E-state index in [-0.39, 0.29) is 11.8 Å². The van der Waals surface area contributed by atoms with Crippen molar-refractivity contribution in [2.24, 2.45) is 0 Å². The highest BCUT2D eigenvalue weighted by molar-refractivity contribution is 5.98. The number of para-hydroxylation sites is 1. The van der Waals surface area contributed by atoms with Gasteiger partial charge < -0.3 is 20.0 Å². The van der Waals surface area contributed by atoms with Gasteiger partial charge in [0.2, 0.25) is 11.9 Å². The van der Waals surface area contributed by atoms with Crippen LogP contribution in [-0.2, 0) is 11.3 Å². The van der Waals surface area contributed by atoms with Crippen LogP contribution >= 0.6 is 0 Å². The van der Waals surface area contributed by atoms with Gasteiger partial charge in [0.15, 0.2) is 0 Å². The Hall–Kier alpha value is -3.16. The maximum atomic E-state index is 12.9. The zero-order valence-corrected chi connectivity index (χ0v) is 16.9. The number of carbonyl (C=O) groups excluding carboxylic acids is 2. The zero-order valence-electron chi connectivity index (χ0n) is 16.9. The lowest BCUT2D eigenvalue weighted by Gasteiger charge is -2.34. The van der Waals surface area contributed by atoms with Crippen LogP contribution in [0.2, 0.25) is 0 Å². The molecule has 1 N–H and O–H groups in total. The summed E-state index contributed by atoms with van der Waals surface area (Å²) in [5.41, 5.74) is 2.25. The number of nitrogens with zero attached hydrogens (tertiary/aromatic N) is 5. The highest BCUT2D eigenvalue weighted by atomic mass is 16.2. The molecule has 4 rings (SSSR count). The molecule has 0 saturated carbocycles. The van der Waals surface area contributed by atoms with Crippen molar-refractivity contribution in [3.63, 3.8) is 0 Å². The molecule has 2 aliphatic heterocycles. The number of hydrogen-bond donors (Lipinski definition) is 1. The molecule has 3 heterocycles. The molecule has 8 nitrogen and oxygen atoms in total. The Morgan fingerprint density at radius 2 is 1.83 bits per heavy atom. The van der Waals surface area contributed by atoms with Gasteiger partial charge in [0, 0.05) is 50.9 Å². The standard InChI is InChI=1S/C21H26N6O2/c1-3-9-27-14-17-18(20(27)29)23-21(26-12-10-25(11-13-26)15(2)28)24-19(17)22-16-7-5-4-6-8-16/h4-8H,3,9-14H2,1-2H3,(H,22,23,24). The highest BCUT2D eigenvalue weighted by Crippen LogP contribution is 2.31. The summed E-state index contributed by atoms with van der Waals surface area (Å²) in [6, 6.07) is 9.82. The number of hydrogen-bond acceptors (Lipinski definition) is 6. The summed E-state index contributed by atoms with van der Waals surface area (Å²) in [5, 5.41) is 3.37. The molecule has 29 heavy (non-hydrogen) atoms. The molecule has 2 aromatic rings. The van der Waals surface area contributed by atoms with Gasteiger partial charge in [-0.05, 0) is 18.6 Å². The topological polar surface area (TPSA) is 81.7 Å². The van der Waals surface area contributed by atoms with Crippen LogP contribution in [0.1, 0.15) is 36.3 Å².